The van der Waals surface area contributed by atoms with Crippen LogP contribution in [0.3, 0.4) is 0 Å². The Bertz CT molecular complexity index is 1010. The quantitative estimate of drug-likeness (QED) is 0.0215. The summed E-state index contributed by atoms with van der Waals surface area (Å²) in [6.07, 6.45) is 27.0. The number of carbonyl (C=O) groups is 1. The summed E-state index contributed by atoms with van der Waals surface area (Å²) in [4.78, 5) is 23.4. The van der Waals surface area contributed by atoms with Crippen LogP contribution in [0, 0.1) is 0 Å². The van der Waals surface area contributed by atoms with Crippen LogP contribution in [0.2, 0.25) is 0 Å². The van der Waals surface area contributed by atoms with Gasteiger partial charge in [0.05, 0.1) is 18.8 Å². The van der Waals surface area contributed by atoms with E-state index in [9.17, 15) is 44.9 Å². The van der Waals surface area contributed by atoms with Gasteiger partial charge in [-0.15, -0.1) is 0 Å². The Morgan fingerprint density at radius 2 is 0.814 bits per heavy atom. The average Bonchev–Trinajstić information content (AvgIpc) is 3.22. The van der Waals surface area contributed by atoms with Gasteiger partial charge in [0.15, 0.2) is 0 Å². The number of aliphatic hydroxyl groups is 6. The minimum Gasteiger partial charge on any atom is -0.391 e. The molecule has 0 heterocycles. The zero-order valence-electron chi connectivity index (χ0n) is 37.6. The van der Waals surface area contributed by atoms with Gasteiger partial charge in [-0.2, -0.15) is 0 Å². The molecule has 352 valence electrons. The van der Waals surface area contributed by atoms with Gasteiger partial charge >= 0.3 is 7.82 Å². The highest BCUT2D eigenvalue weighted by Crippen LogP contribution is 2.47. The van der Waals surface area contributed by atoms with Crippen molar-refractivity contribution in [3.63, 3.8) is 0 Å². The summed E-state index contributed by atoms with van der Waals surface area (Å²) in [6, 6.07) is -1.02. The van der Waals surface area contributed by atoms with Crippen LogP contribution >= 0.6 is 7.82 Å². The molecule has 0 spiro atoms. The predicted molar refractivity (Wildman–Crippen MR) is 237 cm³/mol. The second-order valence-corrected chi connectivity index (χ2v) is 19.1. The number of carbonyl (C=O) groups excluding carboxylic acids is 1. The van der Waals surface area contributed by atoms with E-state index in [4.69, 9.17) is 9.05 Å². The highest BCUT2D eigenvalue weighted by atomic mass is 31.2. The molecule has 1 fully saturated rings. The van der Waals surface area contributed by atoms with Crippen LogP contribution in [0.4, 0.5) is 0 Å². The molecule has 1 rings (SSSR count). The van der Waals surface area contributed by atoms with Gasteiger partial charge in [-0.1, -0.05) is 213 Å². The zero-order chi connectivity index (χ0) is 43.6. The molecule has 0 aromatic rings. The Labute approximate surface area is 359 Å². The SMILES string of the molecule is CCCCCCCCCCCCCCCCCCCCCC(=O)N[C@@H](COP(=O)(O)OC1C(O)C(O)C(O)[C@@H](O)C1O)[C@H](O)CCCCCCCCCCCCCCC. The minimum atomic E-state index is -5.05. The summed E-state index contributed by atoms with van der Waals surface area (Å²) < 4.78 is 23.0. The normalized spacial score (nSPS) is 22.9. The first-order chi connectivity index (χ1) is 28.4. The van der Waals surface area contributed by atoms with Gasteiger partial charge in [-0.05, 0) is 12.8 Å². The van der Waals surface area contributed by atoms with E-state index in [-0.39, 0.29) is 12.3 Å². The molecule has 0 radical (unpaired) electrons. The van der Waals surface area contributed by atoms with Gasteiger partial charge in [0.2, 0.25) is 5.91 Å². The highest BCUT2D eigenvalue weighted by molar-refractivity contribution is 7.47. The molecule has 1 saturated carbocycles. The van der Waals surface area contributed by atoms with E-state index in [1.54, 1.807) is 0 Å². The van der Waals surface area contributed by atoms with Crippen molar-refractivity contribution >= 4 is 13.7 Å². The maximum Gasteiger partial charge on any atom is 0.472 e. The fourth-order valence-corrected chi connectivity index (χ4v) is 9.11. The predicted octanol–water partition coefficient (Wildman–Crippen LogP) is 9.46. The van der Waals surface area contributed by atoms with Gasteiger partial charge < -0.3 is 40.8 Å². The molecule has 13 heteroatoms. The first-order valence-electron chi connectivity index (χ1n) is 24.5. The highest BCUT2D eigenvalue weighted by Gasteiger charge is 2.51. The van der Waals surface area contributed by atoms with E-state index in [0.717, 1.165) is 38.5 Å². The van der Waals surface area contributed by atoms with Crippen LogP contribution in [-0.2, 0) is 18.4 Å². The van der Waals surface area contributed by atoms with Crippen molar-refractivity contribution in [3.05, 3.63) is 0 Å². The fraction of sp³-hybridized carbons (Fsp3) is 0.978. The number of hydrogen-bond donors (Lipinski definition) is 8. The Balaban J connectivity index is 2.41. The van der Waals surface area contributed by atoms with Crippen molar-refractivity contribution in [1.29, 1.82) is 0 Å². The van der Waals surface area contributed by atoms with Crippen LogP contribution < -0.4 is 5.32 Å². The third kappa shape index (κ3) is 28.6. The van der Waals surface area contributed by atoms with Gasteiger partial charge in [0.25, 0.3) is 0 Å². The van der Waals surface area contributed by atoms with Crippen molar-refractivity contribution in [2.75, 3.05) is 6.61 Å². The molecule has 0 aliphatic heterocycles. The Hall–Kier alpha value is -0.660. The van der Waals surface area contributed by atoms with Crippen molar-refractivity contribution in [2.45, 2.75) is 281 Å². The van der Waals surface area contributed by atoms with Crippen LogP contribution in [-0.4, -0.2) is 96.8 Å². The summed E-state index contributed by atoms with van der Waals surface area (Å²) in [7, 11) is -5.05. The maximum absolute atomic E-state index is 13.0. The molecule has 0 bridgehead atoms. The summed E-state index contributed by atoms with van der Waals surface area (Å²) in [6.45, 7) is 3.90. The second kappa shape index (κ2) is 36.8. The fourth-order valence-electron chi connectivity index (χ4n) is 8.14. The first-order valence-corrected chi connectivity index (χ1v) is 26.0. The standard InChI is InChI=1S/C46H92NO11P/c1-3-5-7-9-11-13-15-17-18-19-20-21-22-24-26-28-30-32-34-36-40(49)47-38(39(48)35-33-31-29-27-25-23-16-14-12-10-8-6-4-2)37-57-59(55,56)58-46-44(53)42(51)41(50)43(52)45(46)54/h38-39,41-46,48,50-54H,3-37H2,1-2H3,(H,47,49)(H,55,56)/t38-,39+,41?,42+,43?,44?,45?,46?/m0/s1. The van der Waals surface area contributed by atoms with Crippen LogP contribution in [0.15, 0.2) is 0 Å². The van der Waals surface area contributed by atoms with Crippen LogP contribution in [0.1, 0.15) is 232 Å². The smallest absolute Gasteiger partial charge is 0.391 e. The summed E-state index contributed by atoms with van der Waals surface area (Å²) >= 11 is 0. The Morgan fingerprint density at radius 1 is 0.508 bits per heavy atom. The third-order valence-electron chi connectivity index (χ3n) is 12.2. The molecule has 1 amide bonds. The Morgan fingerprint density at radius 3 is 1.17 bits per heavy atom. The average molecular weight is 866 g/mol. The lowest BCUT2D eigenvalue weighted by atomic mass is 9.85. The number of phosphoric ester groups is 1. The molecular formula is C46H92NO11P. The lowest BCUT2D eigenvalue weighted by molar-refractivity contribution is -0.220. The van der Waals surface area contributed by atoms with Crippen molar-refractivity contribution in [3.8, 4) is 0 Å². The van der Waals surface area contributed by atoms with Gasteiger partial charge in [0, 0.05) is 6.42 Å². The number of unbranched alkanes of at least 4 members (excludes halogenated alkanes) is 30. The lowest BCUT2D eigenvalue weighted by Crippen LogP contribution is -2.64. The number of hydrogen-bond acceptors (Lipinski definition) is 10. The molecule has 59 heavy (non-hydrogen) atoms. The molecule has 0 aromatic carbocycles. The molecule has 0 aromatic heterocycles. The van der Waals surface area contributed by atoms with E-state index in [1.807, 2.05) is 0 Å². The number of nitrogens with one attached hydrogen (secondary N) is 1. The van der Waals surface area contributed by atoms with E-state index < -0.39 is 63.2 Å². The van der Waals surface area contributed by atoms with E-state index in [0.29, 0.717) is 19.3 Å². The molecule has 0 saturated heterocycles. The molecule has 1 aliphatic carbocycles. The van der Waals surface area contributed by atoms with Gasteiger partial charge in [-0.3, -0.25) is 13.8 Å². The number of rotatable bonds is 41. The largest absolute Gasteiger partial charge is 0.472 e. The van der Waals surface area contributed by atoms with Crippen LogP contribution in [0.25, 0.3) is 0 Å². The molecule has 9 atom stereocenters. The summed E-state index contributed by atoms with van der Waals surface area (Å²) in [5.41, 5.74) is 0. The molecule has 1 aliphatic rings. The minimum absolute atomic E-state index is 0.243. The molecule has 12 nitrogen and oxygen atoms in total. The van der Waals surface area contributed by atoms with E-state index in [1.165, 1.54) is 154 Å². The Kier molecular flexibility index (Phi) is 35.1. The third-order valence-corrected chi connectivity index (χ3v) is 13.2. The van der Waals surface area contributed by atoms with Gasteiger partial charge in [-0.25, -0.2) is 4.57 Å². The van der Waals surface area contributed by atoms with Crippen molar-refractivity contribution in [2.24, 2.45) is 0 Å². The van der Waals surface area contributed by atoms with E-state index >= 15 is 0 Å². The zero-order valence-corrected chi connectivity index (χ0v) is 38.5. The summed E-state index contributed by atoms with van der Waals surface area (Å²) in [5.74, 6) is -0.304. The number of amides is 1. The molecular weight excluding hydrogens is 773 g/mol. The van der Waals surface area contributed by atoms with Crippen LogP contribution in [0.5, 0.6) is 0 Å². The van der Waals surface area contributed by atoms with Gasteiger partial charge in [0.1, 0.15) is 36.6 Å². The number of phosphoric acid groups is 1. The lowest BCUT2D eigenvalue weighted by Gasteiger charge is -2.41. The molecule has 6 unspecified atom stereocenters. The topological polar surface area (TPSA) is 206 Å². The summed E-state index contributed by atoms with van der Waals surface area (Å²) in [5, 5.41) is 64.2. The first kappa shape index (κ1) is 56.4. The second-order valence-electron chi connectivity index (χ2n) is 17.7. The van der Waals surface area contributed by atoms with E-state index in [2.05, 4.69) is 19.2 Å². The monoisotopic (exact) mass is 866 g/mol. The number of aliphatic hydroxyl groups excluding tert-OH is 6. The maximum atomic E-state index is 13.0. The van der Waals surface area contributed by atoms with Crippen molar-refractivity contribution in [1.82, 2.24) is 5.32 Å². The molecule has 8 N–H and O–H groups in total. The van der Waals surface area contributed by atoms with Crippen molar-refractivity contribution < 1.29 is 53.9 Å².